The van der Waals surface area contributed by atoms with Gasteiger partial charge in [0.15, 0.2) is 0 Å². The summed E-state index contributed by atoms with van der Waals surface area (Å²) in [7, 11) is 0. The molecule has 0 heterocycles. The lowest BCUT2D eigenvalue weighted by Gasteiger charge is -2.05. The Labute approximate surface area is 87.1 Å². The van der Waals surface area contributed by atoms with Crippen LogP contribution in [0.4, 0.5) is 0 Å². The highest BCUT2D eigenvalue weighted by Crippen LogP contribution is 2.10. The molecule has 4 N–H and O–H groups in total. The maximum atomic E-state index is 11.0. The van der Waals surface area contributed by atoms with Crippen LogP contribution in [-0.2, 0) is 11.2 Å². The smallest absolute Gasteiger partial charge is 0.320 e. The standard InChI is InChI=1S/C9H11NO3/c10-8(9(12)13)5-6-1-3-7(11)4-2-6/h1-4,8,11H,5,10H2,(H,12,13)/t8-/m1/s1/i1D,2D,3D,4D,8D/hD3. The molecule has 0 saturated carbocycles. The van der Waals surface area contributed by atoms with E-state index in [-0.39, 0.29) is 0 Å². The first-order chi connectivity index (χ1) is 9.57. The van der Waals surface area contributed by atoms with E-state index in [1.807, 2.05) is 0 Å². The molecular formula is C9H11NO3. The number of phenolic OH excluding ortho intramolecular Hbond substituents is 1. The van der Waals surface area contributed by atoms with Crippen LogP contribution in [0.2, 0.25) is 2.82 Å². The molecule has 0 spiro atoms. The number of benzene rings is 1. The van der Waals surface area contributed by atoms with E-state index in [0.29, 0.717) is 0 Å². The number of hydrogen-bond acceptors (Lipinski definition) is 3. The fourth-order valence-corrected chi connectivity index (χ4v) is 0.658. The van der Waals surface area contributed by atoms with E-state index >= 15 is 0 Å². The summed E-state index contributed by atoms with van der Waals surface area (Å²) < 4.78 is 58.7. The number of carboxylic acids is 1. The average Bonchev–Trinajstić information content (AvgIpc) is 2.41. The third-order valence-corrected chi connectivity index (χ3v) is 1.24. The number of rotatable bonds is 5. The zero-order chi connectivity index (χ0) is 16.5. The molecule has 0 aliphatic heterocycles. The molecule has 4 heteroatoms. The minimum Gasteiger partial charge on any atom is -0.508 e. The van der Waals surface area contributed by atoms with Crippen LogP contribution < -0.4 is 5.72 Å². The Balaban J connectivity index is 3.49. The van der Waals surface area contributed by atoms with Crippen LogP contribution in [0.1, 0.15) is 12.4 Å². The van der Waals surface area contributed by atoms with E-state index in [9.17, 15) is 4.79 Å². The summed E-state index contributed by atoms with van der Waals surface area (Å²) in [4.78, 5) is 11.0. The first kappa shape index (κ1) is 3.31. The molecule has 0 radical (unpaired) electrons. The van der Waals surface area contributed by atoms with Gasteiger partial charge in [-0.2, -0.15) is 0 Å². The van der Waals surface area contributed by atoms with Crippen LogP contribution in [0.5, 0.6) is 5.75 Å². The first-order valence-corrected chi connectivity index (χ1v) is 3.31. The van der Waals surface area contributed by atoms with Crippen LogP contribution in [-0.4, -0.2) is 23.6 Å². The van der Waals surface area contributed by atoms with Crippen LogP contribution in [0.25, 0.3) is 0 Å². The van der Waals surface area contributed by atoms with Crippen molar-refractivity contribution in [3.05, 3.63) is 29.7 Å². The van der Waals surface area contributed by atoms with Crippen molar-refractivity contribution >= 4 is 5.97 Å². The molecule has 0 aromatic heterocycles. The van der Waals surface area contributed by atoms with Crippen LogP contribution in [0.15, 0.2) is 24.2 Å². The van der Waals surface area contributed by atoms with Gasteiger partial charge in [0.05, 0.1) is 6.85 Å². The second-order valence-corrected chi connectivity index (χ2v) is 2.24. The van der Waals surface area contributed by atoms with Crippen molar-refractivity contribution < 1.29 is 24.7 Å². The lowest BCUT2D eigenvalue weighted by atomic mass is 10.1. The zero-order valence-corrected chi connectivity index (χ0v) is 6.42. The quantitative estimate of drug-likeness (QED) is 0.624. The Kier molecular flexibility index (Phi) is 0.994. The van der Waals surface area contributed by atoms with Crippen molar-refractivity contribution in [2.24, 2.45) is 5.72 Å². The number of carbonyl (C=O) groups is 1. The molecule has 70 valence electrons. The van der Waals surface area contributed by atoms with Gasteiger partial charge in [0, 0.05) is 0 Å². The second kappa shape index (κ2) is 3.91. The third kappa shape index (κ3) is 2.76. The number of phenols is 1. The van der Waals surface area contributed by atoms with E-state index in [0.717, 1.165) is 0 Å². The number of carboxylic acid groups (broad SMARTS) is 1. The maximum absolute atomic E-state index is 11.0. The zero-order valence-electron chi connectivity index (χ0n) is 14.4. The number of hydrogen-bond donors (Lipinski definition) is 3. The van der Waals surface area contributed by atoms with Gasteiger partial charge < -0.3 is 15.9 Å². The molecule has 13 heavy (non-hydrogen) atoms. The molecule has 0 unspecified atom stereocenters. The van der Waals surface area contributed by atoms with Crippen LogP contribution in [0.3, 0.4) is 0 Å². The largest absolute Gasteiger partial charge is 0.508 e. The van der Waals surface area contributed by atoms with Crippen molar-refractivity contribution in [2.45, 2.75) is 12.4 Å². The highest BCUT2D eigenvalue weighted by molar-refractivity contribution is 5.73. The van der Waals surface area contributed by atoms with Gasteiger partial charge in [-0.1, -0.05) is 12.1 Å². The lowest BCUT2D eigenvalue weighted by Crippen LogP contribution is -2.32. The minimum absolute atomic E-state index is 0.393. The highest BCUT2D eigenvalue weighted by Gasteiger charge is 2.11. The molecule has 1 aromatic rings. The summed E-state index contributed by atoms with van der Waals surface area (Å²) >= 11 is 0. The Bertz CT molecular complexity index is 552. The Morgan fingerprint density at radius 2 is 2.46 bits per heavy atom. The number of nitrogens with two attached hydrogens (primary N) is 1. The summed E-state index contributed by atoms with van der Waals surface area (Å²) in [5, 5.41) is 13.0. The van der Waals surface area contributed by atoms with Crippen LogP contribution in [0, 0.1) is 0 Å². The predicted octanol–water partition coefficient (Wildman–Crippen LogP) is 0.347. The van der Waals surface area contributed by atoms with Crippen LogP contribution >= 0.6 is 0 Å². The SMILES string of the molecule is [2H]Oc1c([2H])c([2H])c(C[C@]([2H])(C(=O)O)N([2H])[2H])c([2H])c1[2H]. The number of aromatic hydroxyl groups is 1. The van der Waals surface area contributed by atoms with Gasteiger partial charge >= 0.3 is 5.97 Å². The molecule has 0 saturated heterocycles. The summed E-state index contributed by atoms with van der Waals surface area (Å²) in [5.41, 5.74) is -0.844. The first-order valence-electron chi connectivity index (χ1n) is 7.12. The van der Waals surface area contributed by atoms with E-state index in [2.05, 4.69) is 5.11 Å². The van der Waals surface area contributed by atoms with Gasteiger partial charge in [0.1, 0.15) is 14.6 Å². The Morgan fingerprint density at radius 1 is 1.77 bits per heavy atom. The summed E-state index contributed by atoms with van der Waals surface area (Å²) in [5.74, 6) is -2.47. The molecular weight excluding hydrogens is 170 g/mol. The van der Waals surface area contributed by atoms with E-state index in [1.54, 1.807) is 0 Å². The average molecular weight is 189 g/mol. The molecule has 0 aliphatic rings. The van der Waals surface area contributed by atoms with E-state index in [1.165, 1.54) is 0 Å². The van der Waals surface area contributed by atoms with Gasteiger partial charge in [-0.15, -0.1) is 0 Å². The van der Waals surface area contributed by atoms with E-state index < -0.39 is 59.6 Å². The lowest BCUT2D eigenvalue weighted by molar-refractivity contribution is -0.138. The minimum atomic E-state index is -2.80. The molecule has 4 nitrogen and oxygen atoms in total. The van der Waals surface area contributed by atoms with Gasteiger partial charge in [-0.3, -0.25) is 4.79 Å². The van der Waals surface area contributed by atoms with Gasteiger partial charge in [-0.25, -0.2) is 0 Å². The van der Waals surface area contributed by atoms with Gasteiger partial charge in [0.25, 0.3) is 1.43 Å². The Morgan fingerprint density at radius 3 is 2.92 bits per heavy atom. The second-order valence-electron chi connectivity index (χ2n) is 2.24. The fraction of sp³-hybridized carbons (Fsp3) is 0.222. The maximum Gasteiger partial charge on any atom is 0.320 e. The van der Waals surface area contributed by atoms with E-state index in [4.69, 9.17) is 16.2 Å². The molecule has 0 bridgehead atoms. The van der Waals surface area contributed by atoms with Crippen molar-refractivity contribution in [2.75, 3.05) is 0 Å². The topological polar surface area (TPSA) is 83.5 Å². The third-order valence-electron chi connectivity index (χ3n) is 1.24. The molecule has 0 fully saturated rings. The summed E-state index contributed by atoms with van der Waals surface area (Å²) in [6.07, 6.45) is -0.914. The Hall–Kier alpha value is -1.55. The highest BCUT2D eigenvalue weighted by atomic mass is 16.4. The van der Waals surface area contributed by atoms with Crippen molar-refractivity contribution in [1.82, 2.24) is 0 Å². The predicted molar refractivity (Wildman–Crippen MR) is 47.4 cm³/mol. The van der Waals surface area contributed by atoms with Crippen molar-refractivity contribution in [3.8, 4) is 5.75 Å². The monoisotopic (exact) mass is 189 g/mol. The molecule has 1 rings (SSSR count). The van der Waals surface area contributed by atoms with Gasteiger partial charge in [0.2, 0.25) is 0 Å². The molecule has 0 amide bonds. The fourth-order valence-electron chi connectivity index (χ4n) is 0.658. The van der Waals surface area contributed by atoms with Crippen molar-refractivity contribution in [1.29, 1.82) is 1.43 Å². The summed E-state index contributed by atoms with van der Waals surface area (Å²) in [6, 6.07) is -5.56. The molecule has 0 aliphatic carbocycles. The van der Waals surface area contributed by atoms with Gasteiger partial charge in [-0.05, 0) is 24.1 Å². The number of aliphatic carboxylic acids is 1. The molecule has 1 aromatic carbocycles. The normalized spacial score (nSPS) is 23.5. The summed E-state index contributed by atoms with van der Waals surface area (Å²) in [6.45, 7) is 0. The molecule has 1 atom stereocenters. The van der Waals surface area contributed by atoms with Crippen molar-refractivity contribution in [3.63, 3.8) is 0 Å².